The normalized spacial score (nSPS) is 10.6. The highest BCUT2D eigenvalue weighted by molar-refractivity contribution is 5.80. The molecule has 0 N–H and O–H groups in total. The Morgan fingerprint density at radius 2 is 2.56 bits per heavy atom. The van der Waals surface area contributed by atoms with Gasteiger partial charge in [-0.25, -0.2) is 11.4 Å². The minimum atomic E-state index is -1.30. The number of hydrogen-bond donors (Lipinski definition) is 0. The fourth-order valence-corrected chi connectivity index (χ4v) is 0.246. The molecule has 1 unspecified atom stereocenters. The monoisotopic (exact) mass is 124 g/mol. The van der Waals surface area contributed by atoms with Crippen LogP contribution in [-0.4, -0.2) is 19.1 Å². The van der Waals surface area contributed by atoms with Gasteiger partial charge in [0.25, 0.3) is 0 Å². The lowest BCUT2D eigenvalue weighted by Gasteiger charge is -1.90. The molecule has 4 nitrogen and oxygen atoms in total. The van der Waals surface area contributed by atoms with E-state index in [2.05, 4.69) is 9.58 Å². The second-order valence-electron chi connectivity index (χ2n) is 1.18. The zero-order valence-electron chi connectivity index (χ0n) is 4.79. The van der Waals surface area contributed by atoms with E-state index in [0.717, 1.165) is 7.11 Å². The van der Waals surface area contributed by atoms with Crippen LogP contribution in [-0.2, 0) is 9.53 Å². The molecule has 0 aromatic heterocycles. The Labute approximate surface area is 52.5 Å². The summed E-state index contributed by atoms with van der Waals surface area (Å²) in [6, 6.07) is 0.177. The third kappa shape index (κ3) is 1.79. The fourth-order valence-electron chi connectivity index (χ4n) is 0.246. The van der Waals surface area contributed by atoms with E-state index in [1.54, 1.807) is 0 Å². The molecule has 46 valence electrons. The van der Waals surface area contributed by atoms with Crippen LogP contribution < -0.4 is 0 Å². The van der Waals surface area contributed by atoms with Gasteiger partial charge in [-0.05, 0) is 0 Å². The van der Waals surface area contributed by atoms with E-state index in [-0.39, 0.29) is 0 Å². The Kier molecular flexibility index (Phi) is 2.86. The molecule has 0 aliphatic rings. The smallest absolute Gasteiger partial charge is 0.405 e. The maximum Gasteiger partial charge on any atom is 0.405 e. The molecule has 0 saturated heterocycles. The van der Waals surface area contributed by atoms with Crippen molar-refractivity contribution in [2.75, 3.05) is 7.11 Å². The quantitative estimate of drug-likeness (QED) is 0.364. The van der Waals surface area contributed by atoms with Crippen molar-refractivity contribution in [2.24, 2.45) is 0 Å². The van der Waals surface area contributed by atoms with Gasteiger partial charge in [-0.2, -0.15) is 5.26 Å². The zero-order valence-corrected chi connectivity index (χ0v) is 4.79. The minimum absolute atomic E-state index is 0.799. The van der Waals surface area contributed by atoms with Crippen LogP contribution in [0.25, 0.3) is 4.85 Å². The molecule has 0 bridgehead atoms. The van der Waals surface area contributed by atoms with Crippen LogP contribution in [0.4, 0.5) is 0 Å². The Morgan fingerprint density at radius 1 is 2.00 bits per heavy atom. The first kappa shape index (κ1) is 7.45. The molecule has 0 heterocycles. The second kappa shape index (κ2) is 3.45. The number of ether oxygens (including phenoxy) is 1. The van der Waals surface area contributed by atoms with E-state index in [4.69, 9.17) is 11.8 Å². The molecule has 0 fully saturated rings. The topological polar surface area (TPSA) is 54.5 Å². The molecule has 0 aromatic rings. The predicted octanol–water partition coefficient (Wildman–Crippen LogP) is -0.0291. The highest BCUT2D eigenvalue weighted by Crippen LogP contribution is 1.89. The van der Waals surface area contributed by atoms with Crippen LogP contribution in [0.15, 0.2) is 0 Å². The predicted molar refractivity (Wildman–Crippen MR) is 28.0 cm³/mol. The van der Waals surface area contributed by atoms with Crippen LogP contribution in [0.2, 0.25) is 0 Å². The average Bonchev–Trinajstić information content (AvgIpc) is 1.90. The van der Waals surface area contributed by atoms with Crippen LogP contribution in [0.3, 0.4) is 0 Å². The molecule has 9 heavy (non-hydrogen) atoms. The molecular weight excluding hydrogens is 120 g/mol. The van der Waals surface area contributed by atoms with E-state index >= 15 is 0 Å². The highest BCUT2D eigenvalue weighted by atomic mass is 16.5. The van der Waals surface area contributed by atoms with E-state index in [0.29, 0.717) is 0 Å². The SMILES string of the molecule is [C-]#[N+]C(C#N)C(=O)OC. The van der Waals surface area contributed by atoms with Gasteiger partial charge in [-0.15, -0.1) is 0 Å². The minimum Gasteiger partial charge on any atom is -0.462 e. The number of carbonyl (C=O) groups excluding carboxylic acids is 1. The summed E-state index contributed by atoms with van der Waals surface area (Å²) in [5, 5.41) is 8.06. The van der Waals surface area contributed by atoms with Crippen molar-refractivity contribution in [3.05, 3.63) is 11.4 Å². The Bertz CT molecular complexity index is 172. The van der Waals surface area contributed by atoms with Crippen molar-refractivity contribution < 1.29 is 9.53 Å². The maximum absolute atomic E-state index is 10.3. The lowest BCUT2D eigenvalue weighted by Crippen LogP contribution is -2.15. The Hall–Kier alpha value is -1.55. The van der Waals surface area contributed by atoms with Gasteiger partial charge in [0, 0.05) is 0 Å². The number of esters is 1. The van der Waals surface area contributed by atoms with Gasteiger partial charge in [0.2, 0.25) is 0 Å². The molecule has 0 radical (unpaired) electrons. The summed E-state index contributed by atoms with van der Waals surface area (Å²) in [6.07, 6.45) is 0. The first-order valence-corrected chi connectivity index (χ1v) is 2.10. The van der Waals surface area contributed by atoms with Crippen molar-refractivity contribution in [3.63, 3.8) is 0 Å². The fraction of sp³-hybridized carbons (Fsp3) is 0.400. The van der Waals surface area contributed by atoms with E-state index < -0.39 is 12.0 Å². The first-order chi connectivity index (χ1) is 4.26. The summed E-state index contributed by atoms with van der Waals surface area (Å²) in [7, 11) is 1.14. The number of nitriles is 1. The van der Waals surface area contributed by atoms with Crippen LogP contribution >= 0.6 is 0 Å². The lowest BCUT2D eigenvalue weighted by atomic mass is 10.4. The van der Waals surface area contributed by atoms with Gasteiger partial charge in [0.05, 0.1) is 7.11 Å². The molecule has 1 atom stereocenters. The lowest BCUT2D eigenvalue weighted by molar-refractivity contribution is -0.139. The standard InChI is InChI=1S/C5H4N2O2/c1-7-4(3-6)5(8)9-2/h4H,2H3. The van der Waals surface area contributed by atoms with Crippen molar-refractivity contribution in [1.29, 1.82) is 5.26 Å². The summed E-state index contributed by atoms with van der Waals surface area (Å²) in [4.78, 5) is 13.0. The molecule has 0 aliphatic heterocycles. The van der Waals surface area contributed by atoms with E-state index in [1.807, 2.05) is 0 Å². The van der Waals surface area contributed by atoms with Crippen molar-refractivity contribution in [1.82, 2.24) is 0 Å². The number of nitrogens with zero attached hydrogens (tertiary/aromatic N) is 2. The molecule has 0 rings (SSSR count). The summed E-state index contributed by atoms with van der Waals surface area (Å²) < 4.78 is 4.12. The van der Waals surface area contributed by atoms with Crippen LogP contribution in [0, 0.1) is 17.9 Å². The summed E-state index contributed by atoms with van der Waals surface area (Å²) in [5.41, 5.74) is 0. The highest BCUT2D eigenvalue weighted by Gasteiger charge is 2.22. The van der Waals surface area contributed by atoms with Gasteiger partial charge in [0.1, 0.15) is 0 Å². The zero-order chi connectivity index (χ0) is 7.28. The molecule has 0 saturated carbocycles. The molecular formula is C5H4N2O2. The third-order valence-electron chi connectivity index (χ3n) is 0.676. The van der Waals surface area contributed by atoms with Crippen molar-refractivity contribution >= 4 is 5.97 Å². The third-order valence-corrected chi connectivity index (χ3v) is 0.676. The number of methoxy groups -OCH3 is 1. The second-order valence-corrected chi connectivity index (χ2v) is 1.18. The Balaban J connectivity index is 4.05. The van der Waals surface area contributed by atoms with Crippen molar-refractivity contribution in [3.8, 4) is 6.07 Å². The average molecular weight is 124 g/mol. The van der Waals surface area contributed by atoms with E-state index in [9.17, 15) is 4.79 Å². The van der Waals surface area contributed by atoms with Crippen LogP contribution in [0.1, 0.15) is 0 Å². The van der Waals surface area contributed by atoms with Gasteiger partial charge < -0.3 is 4.74 Å². The molecule has 0 amide bonds. The van der Waals surface area contributed by atoms with Gasteiger partial charge in [0.15, 0.2) is 6.07 Å². The van der Waals surface area contributed by atoms with Gasteiger partial charge in [-0.3, -0.25) is 4.85 Å². The van der Waals surface area contributed by atoms with Gasteiger partial charge in [-0.1, -0.05) is 0 Å². The molecule has 0 aliphatic carbocycles. The van der Waals surface area contributed by atoms with Gasteiger partial charge >= 0.3 is 12.0 Å². The molecule has 0 spiro atoms. The maximum atomic E-state index is 10.3. The summed E-state index contributed by atoms with van der Waals surface area (Å²) >= 11 is 0. The van der Waals surface area contributed by atoms with Crippen LogP contribution in [0.5, 0.6) is 0 Å². The summed E-state index contributed by atoms with van der Waals surface area (Å²) in [5.74, 6) is -0.799. The number of carbonyl (C=O) groups is 1. The Morgan fingerprint density at radius 3 is 2.67 bits per heavy atom. The number of hydrogen-bond acceptors (Lipinski definition) is 3. The first-order valence-electron chi connectivity index (χ1n) is 2.10. The molecule has 0 aromatic carbocycles. The van der Waals surface area contributed by atoms with Crippen molar-refractivity contribution in [2.45, 2.75) is 6.04 Å². The van der Waals surface area contributed by atoms with E-state index in [1.165, 1.54) is 6.07 Å². The largest absolute Gasteiger partial charge is 0.462 e. The summed E-state index contributed by atoms with van der Waals surface area (Å²) in [6.45, 7) is 6.30. The molecule has 4 heteroatoms. The number of rotatable bonds is 1.